The zero-order valence-corrected chi connectivity index (χ0v) is 24.5. The second-order valence-electron chi connectivity index (χ2n) is 10.6. The van der Waals surface area contributed by atoms with E-state index in [1.54, 1.807) is 11.8 Å². The van der Waals surface area contributed by atoms with Gasteiger partial charge in [0.25, 0.3) is 10.0 Å². The van der Waals surface area contributed by atoms with Gasteiger partial charge in [-0.15, -0.1) is 11.3 Å². The minimum atomic E-state index is -4.18. The fourth-order valence-corrected chi connectivity index (χ4v) is 6.35. The van der Waals surface area contributed by atoms with Gasteiger partial charge in [-0.2, -0.15) is 0 Å². The molecule has 216 valence electrons. The lowest BCUT2D eigenvalue weighted by molar-refractivity contribution is 0.0270. The average Bonchev–Trinajstić information content (AvgIpc) is 3.54. The number of nitrogens with zero attached hydrogens (tertiary/aromatic N) is 3. The Kier molecular flexibility index (Phi) is 7.51. The Hall–Kier alpha value is -3.97. The summed E-state index contributed by atoms with van der Waals surface area (Å²) in [4.78, 5) is 30.6. The van der Waals surface area contributed by atoms with Crippen molar-refractivity contribution in [3.8, 4) is 0 Å². The highest BCUT2D eigenvalue weighted by atomic mass is 32.2. The van der Waals surface area contributed by atoms with Crippen molar-refractivity contribution in [1.82, 2.24) is 14.5 Å². The number of hydrogen-bond donors (Lipinski definition) is 1. The van der Waals surface area contributed by atoms with E-state index in [1.807, 2.05) is 51.1 Å². The maximum Gasteiger partial charge on any atom is 0.420 e. The van der Waals surface area contributed by atoms with Gasteiger partial charge in [0.2, 0.25) is 0 Å². The molecule has 0 saturated heterocycles. The summed E-state index contributed by atoms with van der Waals surface area (Å²) in [6.07, 6.45) is 2.12. The maximum absolute atomic E-state index is 15.5. The topological polar surface area (TPSA) is 124 Å². The molecule has 3 heterocycles. The molecule has 1 aliphatic rings. The van der Waals surface area contributed by atoms with Crippen LogP contribution in [0.3, 0.4) is 0 Å². The van der Waals surface area contributed by atoms with Gasteiger partial charge in [0, 0.05) is 24.5 Å². The number of benzene rings is 2. The maximum atomic E-state index is 15.5. The van der Waals surface area contributed by atoms with Gasteiger partial charge in [-0.1, -0.05) is 30.3 Å². The van der Waals surface area contributed by atoms with Crippen molar-refractivity contribution in [1.29, 1.82) is 0 Å². The lowest BCUT2D eigenvalue weighted by Gasteiger charge is -2.30. The van der Waals surface area contributed by atoms with Crippen LogP contribution in [0.15, 0.2) is 67.5 Å². The molecule has 0 radical (unpaired) electrons. The predicted octanol–water partition coefficient (Wildman–Crippen LogP) is 5.62. The number of thiazole rings is 1. The first-order valence-electron chi connectivity index (χ1n) is 12.9. The van der Waals surface area contributed by atoms with Crippen molar-refractivity contribution < 1.29 is 26.8 Å². The highest BCUT2D eigenvalue weighted by Gasteiger charge is 2.28. The van der Waals surface area contributed by atoms with E-state index in [2.05, 4.69) is 9.71 Å². The van der Waals surface area contributed by atoms with Gasteiger partial charge in [-0.05, 0) is 56.9 Å². The third kappa shape index (κ3) is 5.91. The molecular weight excluding hydrogens is 571 g/mol. The highest BCUT2D eigenvalue weighted by Crippen LogP contribution is 2.33. The van der Waals surface area contributed by atoms with Crippen LogP contribution in [0.4, 0.5) is 15.0 Å². The third-order valence-corrected chi connectivity index (χ3v) is 8.54. The number of carbonyl (C=O) groups is 1. The Labute approximate surface area is 240 Å². The smallest absolute Gasteiger partial charge is 0.420 e. The lowest BCUT2D eigenvalue weighted by Crippen LogP contribution is -2.39. The Morgan fingerprint density at radius 2 is 2.00 bits per heavy atom. The first-order chi connectivity index (χ1) is 19.3. The molecule has 0 saturated carbocycles. The van der Waals surface area contributed by atoms with Crippen LogP contribution >= 0.6 is 11.3 Å². The number of sulfonamides is 1. The third-order valence-electron chi connectivity index (χ3n) is 6.62. The molecule has 0 aliphatic carbocycles. The number of rotatable bonds is 6. The number of ether oxygens (including phenoxy) is 1. The van der Waals surface area contributed by atoms with E-state index in [9.17, 15) is 18.0 Å². The number of halogens is 1. The molecular formula is C28H29FN4O6S2. The van der Waals surface area contributed by atoms with Gasteiger partial charge in [0.1, 0.15) is 11.1 Å². The van der Waals surface area contributed by atoms with Crippen LogP contribution < -0.4 is 10.5 Å². The van der Waals surface area contributed by atoms with Crippen molar-refractivity contribution in [2.75, 3.05) is 17.8 Å². The molecule has 2 aromatic carbocycles. The van der Waals surface area contributed by atoms with Gasteiger partial charge in [0.05, 0.1) is 16.4 Å². The molecule has 4 aromatic rings. The van der Waals surface area contributed by atoms with Crippen LogP contribution in [-0.2, 0) is 14.8 Å². The van der Waals surface area contributed by atoms with Gasteiger partial charge >= 0.3 is 11.8 Å². The Morgan fingerprint density at radius 3 is 2.66 bits per heavy atom. The van der Waals surface area contributed by atoms with E-state index in [0.29, 0.717) is 19.5 Å². The van der Waals surface area contributed by atoms with Gasteiger partial charge in [-0.3, -0.25) is 9.29 Å². The molecule has 10 nitrogen and oxygen atoms in total. The van der Waals surface area contributed by atoms with E-state index in [-0.39, 0.29) is 23.0 Å². The number of amides is 1. The minimum absolute atomic E-state index is 0.103. The van der Waals surface area contributed by atoms with E-state index in [1.165, 1.54) is 26.8 Å². The SMILES string of the molecule is CC(c1ccccc1C1=CCN(C(=O)OC(C)(C)C)CC1)n1c(=O)oc2cc(S(=O)(=O)Nc3cscn3)cc(F)c21. The number of fused-ring (bicyclic) bond motifs is 1. The van der Waals surface area contributed by atoms with Crippen LogP contribution in [0.25, 0.3) is 16.7 Å². The minimum Gasteiger partial charge on any atom is -0.444 e. The van der Waals surface area contributed by atoms with Gasteiger partial charge < -0.3 is 14.1 Å². The number of hydrogen-bond acceptors (Lipinski definition) is 8. The molecule has 13 heteroatoms. The van der Waals surface area contributed by atoms with Crippen molar-refractivity contribution in [2.45, 2.75) is 50.7 Å². The second-order valence-corrected chi connectivity index (χ2v) is 13.0. The highest BCUT2D eigenvalue weighted by molar-refractivity contribution is 7.92. The summed E-state index contributed by atoms with van der Waals surface area (Å²) in [5, 5.41) is 1.50. The van der Waals surface area contributed by atoms with E-state index in [0.717, 1.165) is 28.8 Å². The molecule has 1 unspecified atom stereocenters. The van der Waals surface area contributed by atoms with Crippen molar-refractivity contribution in [3.05, 3.63) is 80.9 Å². The molecule has 0 bridgehead atoms. The normalized spacial score (nSPS) is 15.0. The second kappa shape index (κ2) is 10.8. The predicted molar refractivity (Wildman–Crippen MR) is 154 cm³/mol. The lowest BCUT2D eigenvalue weighted by atomic mass is 9.92. The van der Waals surface area contributed by atoms with E-state index < -0.39 is 38.1 Å². The molecule has 2 aromatic heterocycles. The Balaban J connectivity index is 1.47. The van der Waals surface area contributed by atoms with Crippen LogP contribution in [0.2, 0.25) is 0 Å². The Bertz CT molecular complexity index is 1800. The van der Waals surface area contributed by atoms with Crippen molar-refractivity contribution in [2.24, 2.45) is 0 Å². The van der Waals surface area contributed by atoms with Crippen LogP contribution in [-0.4, -0.2) is 47.7 Å². The zero-order valence-electron chi connectivity index (χ0n) is 22.9. The number of aromatic nitrogens is 2. The summed E-state index contributed by atoms with van der Waals surface area (Å²) in [5.41, 5.74) is 3.12. The fourth-order valence-electron chi connectivity index (χ4n) is 4.76. The molecule has 1 aliphatic heterocycles. The molecule has 0 spiro atoms. The molecule has 1 atom stereocenters. The van der Waals surface area contributed by atoms with Crippen molar-refractivity contribution in [3.63, 3.8) is 0 Å². The van der Waals surface area contributed by atoms with Crippen LogP contribution in [0.5, 0.6) is 0 Å². The van der Waals surface area contributed by atoms with Crippen LogP contribution in [0, 0.1) is 5.82 Å². The monoisotopic (exact) mass is 600 g/mol. The fraction of sp³-hybridized carbons (Fsp3) is 0.321. The average molecular weight is 601 g/mol. The van der Waals surface area contributed by atoms with E-state index in [4.69, 9.17) is 9.15 Å². The summed E-state index contributed by atoms with van der Waals surface area (Å²) in [5.74, 6) is -1.64. The van der Waals surface area contributed by atoms with Gasteiger partial charge in [0.15, 0.2) is 17.2 Å². The Morgan fingerprint density at radius 1 is 1.24 bits per heavy atom. The molecule has 0 fully saturated rings. The first-order valence-corrected chi connectivity index (χ1v) is 15.3. The standard InChI is InChI=1S/C28H29FN4O6S2/c1-17(20-7-5-6-8-21(20)18-9-11-32(12-10-18)26(34)39-28(2,3)4)33-25-22(29)13-19(14-23(25)38-27(33)35)41(36,37)31-24-15-40-16-30-24/h5-9,13-17,31H,10-12H2,1-4H3. The summed E-state index contributed by atoms with van der Waals surface area (Å²) >= 11 is 1.20. The quantitative estimate of drug-likeness (QED) is 0.304. The van der Waals surface area contributed by atoms with Gasteiger partial charge in [-0.25, -0.2) is 27.4 Å². The summed E-state index contributed by atoms with van der Waals surface area (Å²) in [7, 11) is -4.18. The molecule has 1 N–H and O–H groups in total. The largest absolute Gasteiger partial charge is 0.444 e. The summed E-state index contributed by atoms with van der Waals surface area (Å²) < 4.78 is 55.4. The zero-order chi connectivity index (χ0) is 29.5. The number of carbonyl (C=O) groups excluding carboxylic acids is 1. The summed E-state index contributed by atoms with van der Waals surface area (Å²) in [6.45, 7) is 8.02. The van der Waals surface area contributed by atoms with E-state index >= 15 is 4.39 Å². The van der Waals surface area contributed by atoms with Crippen LogP contribution in [0.1, 0.15) is 51.3 Å². The number of anilines is 1. The molecule has 1 amide bonds. The number of oxazole rings is 1. The summed E-state index contributed by atoms with van der Waals surface area (Å²) in [6, 6.07) is 8.78. The first kappa shape index (κ1) is 28.6. The van der Waals surface area contributed by atoms with Crippen molar-refractivity contribution >= 4 is 49.9 Å². The number of nitrogens with one attached hydrogen (secondary N) is 1. The molecule has 5 rings (SSSR count). The molecule has 41 heavy (non-hydrogen) atoms.